The van der Waals surface area contributed by atoms with Crippen LogP contribution in [0.25, 0.3) is 0 Å². The highest BCUT2D eigenvalue weighted by Crippen LogP contribution is 2.43. The molecular formula is C11H8FNO2. The molecule has 0 N–H and O–H groups in total. The fraction of sp³-hybridized carbons (Fsp3) is 0.273. The molecule has 1 aromatic carbocycles. The molecule has 1 aromatic rings. The van der Waals surface area contributed by atoms with Gasteiger partial charge in [0.15, 0.2) is 0 Å². The second kappa shape index (κ2) is 3.41. The summed E-state index contributed by atoms with van der Waals surface area (Å²) in [6.45, 7) is 0. The molecule has 0 aromatic heterocycles. The van der Waals surface area contributed by atoms with Crippen LogP contribution in [-0.4, -0.2) is 11.9 Å². The van der Waals surface area contributed by atoms with Crippen LogP contribution in [0.2, 0.25) is 0 Å². The lowest BCUT2D eigenvalue weighted by Gasteiger charge is -2.35. The molecule has 3 nitrogen and oxygen atoms in total. The van der Waals surface area contributed by atoms with Crippen molar-refractivity contribution in [3.8, 4) is 0 Å². The van der Waals surface area contributed by atoms with Gasteiger partial charge in [-0.1, -0.05) is 18.2 Å². The first-order valence-corrected chi connectivity index (χ1v) is 4.54. The summed E-state index contributed by atoms with van der Waals surface area (Å²) >= 11 is 0. The van der Waals surface area contributed by atoms with Gasteiger partial charge in [-0.15, -0.1) is 0 Å². The number of nitrogens with zero attached hydrogens (tertiary/aromatic N) is 1. The maximum absolute atomic E-state index is 13.5. The van der Waals surface area contributed by atoms with Crippen molar-refractivity contribution in [3.05, 3.63) is 35.6 Å². The van der Waals surface area contributed by atoms with E-state index in [1.165, 1.54) is 12.1 Å². The van der Waals surface area contributed by atoms with Crippen molar-refractivity contribution in [2.45, 2.75) is 18.4 Å². The topological polar surface area (TPSA) is 46.5 Å². The molecular weight excluding hydrogens is 197 g/mol. The van der Waals surface area contributed by atoms with Crippen molar-refractivity contribution in [3.63, 3.8) is 0 Å². The number of Topliss-reactive ketones (excluding diaryl/α,β-unsaturated/α-hetero) is 1. The molecule has 4 heteroatoms. The molecule has 0 amide bonds. The van der Waals surface area contributed by atoms with Crippen molar-refractivity contribution in [2.24, 2.45) is 4.99 Å². The van der Waals surface area contributed by atoms with Crippen LogP contribution in [0.15, 0.2) is 29.3 Å². The second-order valence-corrected chi connectivity index (χ2v) is 3.61. The van der Waals surface area contributed by atoms with E-state index in [-0.39, 0.29) is 18.6 Å². The summed E-state index contributed by atoms with van der Waals surface area (Å²) in [7, 11) is 0. The highest BCUT2D eigenvalue weighted by Gasteiger charge is 2.46. The highest BCUT2D eigenvalue weighted by atomic mass is 19.1. The number of carbonyl (C=O) groups excluding carboxylic acids is 2. The van der Waals surface area contributed by atoms with E-state index in [1.54, 1.807) is 18.2 Å². The van der Waals surface area contributed by atoms with E-state index in [1.807, 2.05) is 0 Å². The Kier molecular flexibility index (Phi) is 2.21. The van der Waals surface area contributed by atoms with E-state index in [9.17, 15) is 14.0 Å². The lowest BCUT2D eigenvalue weighted by atomic mass is 9.71. The Labute approximate surface area is 85.6 Å². The Morgan fingerprint density at radius 2 is 2.00 bits per heavy atom. The molecule has 0 aliphatic heterocycles. The SMILES string of the molecule is O=C=NC1(c2ccccc2F)CC(=O)C1. The molecule has 76 valence electrons. The van der Waals surface area contributed by atoms with Gasteiger partial charge in [-0.25, -0.2) is 9.18 Å². The summed E-state index contributed by atoms with van der Waals surface area (Å²) in [6.07, 6.45) is 1.59. The number of carbonyl (C=O) groups is 1. The Bertz CT molecular complexity index is 455. The van der Waals surface area contributed by atoms with E-state index in [2.05, 4.69) is 4.99 Å². The Hall–Kier alpha value is -1.80. The summed E-state index contributed by atoms with van der Waals surface area (Å²) in [5.74, 6) is -0.457. The molecule has 2 rings (SSSR count). The van der Waals surface area contributed by atoms with Crippen LogP contribution >= 0.6 is 0 Å². The van der Waals surface area contributed by atoms with Gasteiger partial charge in [0, 0.05) is 18.4 Å². The van der Waals surface area contributed by atoms with E-state index >= 15 is 0 Å². The van der Waals surface area contributed by atoms with Crippen molar-refractivity contribution >= 4 is 11.9 Å². The molecule has 15 heavy (non-hydrogen) atoms. The predicted octanol–water partition coefficient (Wildman–Crippen LogP) is 1.72. The average Bonchev–Trinajstić information content (AvgIpc) is 2.16. The third-order valence-electron chi connectivity index (χ3n) is 2.61. The van der Waals surface area contributed by atoms with Gasteiger partial charge in [0.05, 0.1) is 0 Å². The van der Waals surface area contributed by atoms with Crippen molar-refractivity contribution < 1.29 is 14.0 Å². The summed E-state index contributed by atoms with van der Waals surface area (Å²) in [6, 6.07) is 6.05. The number of rotatable bonds is 2. The number of benzene rings is 1. The first-order valence-electron chi connectivity index (χ1n) is 4.54. The first kappa shape index (κ1) is 9.74. The summed E-state index contributed by atoms with van der Waals surface area (Å²) < 4.78 is 13.5. The third kappa shape index (κ3) is 1.49. The van der Waals surface area contributed by atoms with Crippen molar-refractivity contribution in [1.29, 1.82) is 0 Å². The first-order chi connectivity index (χ1) is 7.18. The molecule has 0 radical (unpaired) electrons. The van der Waals surface area contributed by atoms with Crippen LogP contribution < -0.4 is 0 Å². The molecule has 1 fully saturated rings. The van der Waals surface area contributed by atoms with Crippen LogP contribution in [0.5, 0.6) is 0 Å². The maximum Gasteiger partial charge on any atom is 0.235 e. The van der Waals surface area contributed by atoms with Gasteiger partial charge in [0.25, 0.3) is 0 Å². The second-order valence-electron chi connectivity index (χ2n) is 3.61. The normalized spacial score (nSPS) is 17.8. The van der Waals surface area contributed by atoms with Crippen LogP contribution in [-0.2, 0) is 15.1 Å². The Morgan fingerprint density at radius 1 is 1.33 bits per heavy atom. The zero-order chi connectivity index (χ0) is 10.9. The lowest BCUT2D eigenvalue weighted by molar-refractivity contribution is -0.128. The molecule has 1 aliphatic carbocycles. The zero-order valence-corrected chi connectivity index (χ0v) is 7.87. The summed E-state index contributed by atoms with van der Waals surface area (Å²) in [4.78, 5) is 24.8. The Balaban J connectivity index is 2.47. The maximum atomic E-state index is 13.5. The van der Waals surface area contributed by atoms with Gasteiger partial charge >= 0.3 is 0 Å². The van der Waals surface area contributed by atoms with Gasteiger partial charge in [-0.2, -0.15) is 4.99 Å². The minimum atomic E-state index is -0.996. The summed E-state index contributed by atoms with van der Waals surface area (Å²) in [5, 5.41) is 0. The predicted molar refractivity (Wildman–Crippen MR) is 50.4 cm³/mol. The van der Waals surface area contributed by atoms with Crippen molar-refractivity contribution in [2.75, 3.05) is 0 Å². The summed E-state index contributed by atoms with van der Waals surface area (Å²) in [5.41, 5.74) is -0.697. The third-order valence-corrected chi connectivity index (χ3v) is 2.61. The van der Waals surface area contributed by atoms with Crippen LogP contribution in [0.3, 0.4) is 0 Å². The largest absolute Gasteiger partial charge is 0.299 e. The molecule has 0 atom stereocenters. The minimum absolute atomic E-state index is 0.0164. The van der Waals surface area contributed by atoms with Crippen molar-refractivity contribution in [1.82, 2.24) is 0 Å². The highest BCUT2D eigenvalue weighted by molar-refractivity contribution is 5.88. The monoisotopic (exact) mass is 205 g/mol. The van der Waals surface area contributed by atoms with Gasteiger partial charge in [-0.05, 0) is 6.07 Å². The molecule has 0 spiro atoms. The number of hydrogen-bond acceptors (Lipinski definition) is 3. The van der Waals surface area contributed by atoms with E-state index in [0.717, 1.165) is 0 Å². The number of halogens is 1. The van der Waals surface area contributed by atoms with E-state index < -0.39 is 11.4 Å². The van der Waals surface area contributed by atoms with Gasteiger partial charge in [0.2, 0.25) is 6.08 Å². The molecule has 1 saturated carbocycles. The fourth-order valence-electron chi connectivity index (χ4n) is 1.86. The minimum Gasteiger partial charge on any atom is -0.299 e. The number of ketones is 1. The molecule has 0 saturated heterocycles. The Morgan fingerprint density at radius 3 is 2.53 bits per heavy atom. The van der Waals surface area contributed by atoms with Crippen LogP contribution in [0, 0.1) is 5.82 Å². The number of isocyanates is 1. The van der Waals surface area contributed by atoms with E-state index in [0.29, 0.717) is 5.56 Å². The van der Waals surface area contributed by atoms with Gasteiger partial charge in [-0.3, -0.25) is 4.79 Å². The molecule has 0 heterocycles. The van der Waals surface area contributed by atoms with Gasteiger partial charge in [0.1, 0.15) is 17.1 Å². The molecule has 1 aliphatic rings. The molecule has 0 unspecified atom stereocenters. The average molecular weight is 205 g/mol. The standard InChI is InChI=1S/C11H8FNO2/c12-10-4-2-1-3-9(10)11(13-7-14)5-8(15)6-11/h1-4H,5-6H2. The van der Waals surface area contributed by atoms with Crippen LogP contribution in [0.4, 0.5) is 4.39 Å². The lowest BCUT2D eigenvalue weighted by Crippen LogP contribution is -2.40. The smallest absolute Gasteiger partial charge is 0.235 e. The number of aliphatic imine (C=N–C) groups is 1. The quantitative estimate of drug-likeness (QED) is 0.545. The number of hydrogen-bond donors (Lipinski definition) is 0. The van der Waals surface area contributed by atoms with Crippen LogP contribution in [0.1, 0.15) is 18.4 Å². The fourth-order valence-corrected chi connectivity index (χ4v) is 1.86. The van der Waals surface area contributed by atoms with Gasteiger partial charge < -0.3 is 0 Å². The van der Waals surface area contributed by atoms with E-state index in [4.69, 9.17) is 0 Å². The molecule has 0 bridgehead atoms. The zero-order valence-electron chi connectivity index (χ0n) is 7.87.